The maximum Gasteiger partial charge on any atom is 0.347 e. The molecule has 0 unspecified atom stereocenters. The molecule has 0 fully saturated rings. The minimum atomic E-state index is -0.723. The number of methoxy groups -OCH3 is 1. The van der Waals surface area contributed by atoms with Crippen molar-refractivity contribution < 1.29 is 24.2 Å². The first-order valence-corrected chi connectivity index (χ1v) is 10.1. The molecule has 0 saturated heterocycles. The molecule has 0 aromatic heterocycles. The minimum Gasteiger partial charge on any atom is -0.505 e. The van der Waals surface area contributed by atoms with E-state index < -0.39 is 11.9 Å². The zero-order valence-corrected chi connectivity index (χ0v) is 18.0. The van der Waals surface area contributed by atoms with Gasteiger partial charge in [-0.1, -0.05) is 54.6 Å². The number of phenols is 1. The van der Waals surface area contributed by atoms with Gasteiger partial charge >= 0.3 is 11.9 Å². The molecule has 0 bridgehead atoms. The molecule has 0 radical (unpaired) electrons. The van der Waals surface area contributed by atoms with Crippen LogP contribution >= 0.6 is 0 Å². The van der Waals surface area contributed by atoms with Gasteiger partial charge in [0.25, 0.3) is 0 Å². The van der Waals surface area contributed by atoms with Gasteiger partial charge in [-0.3, -0.25) is 0 Å². The first kappa shape index (κ1) is 21.7. The monoisotopic (exact) mass is 440 g/mol. The Morgan fingerprint density at radius 1 is 0.818 bits per heavy atom. The van der Waals surface area contributed by atoms with Gasteiger partial charge in [0.05, 0.1) is 12.7 Å². The Morgan fingerprint density at radius 2 is 1.52 bits per heavy atom. The largest absolute Gasteiger partial charge is 0.505 e. The van der Waals surface area contributed by atoms with Gasteiger partial charge in [0.15, 0.2) is 5.75 Å². The number of hydrogen-bond donors (Lipinski definition) is 1. The summed E-state index contributed by atoms with van der Waals surface area (Å²) in [5.41, 5.74) is 1.31. The van der Waals surface area contributed by atoms with Crippen LogP contribution in [-0.2, 0) is 4.74 Å². The molecule has 0 saturated carbocycles. The van der Waals surface area contributed by atoms with E-state index in [0.717, 1.165) is 5.56 Å². The van der Waals surface area contributed by atoms with Gasteiger partial charge in [0.1, 0.15) is 22.7 Å². The molecule has 7 heteroatoms. The van der Waals surface area contributed by atoms with E-state index in [2.05, 4.69) is 10.2 Å². The third kappa shape index (κ3) is 4.43. The van der Waals surface area contributed by atoms with Crippen LogP contribution in [0.25, 0.3) is 10.8 Å². The predicted octanol–water partition coefficient (Wildman–Crippen LogP) is 6.28. The zero-order valence-electron chi connectivity index (χ0n) is 18.0. The summed E-state index contributed by atoms with van der Waals surface area (Å²) >= 11 is 0. The topological polar surface area (TPSA) is 97.5 Å². The van der Waals surface area contributed by atoms with E-state index in [1.54, 1.807) is 60.7 Å². The number of azo groups is 1. The van der Waals surface area contributed by atoms with Crippen molar-refractivity contribution in [3.8, 4) is 11.5 Å². The average molecular weight is 440 g/mol. The van der Waals surface area contributed by atoms with Crippen LogP contribution < -0.4 is 4.74 Å². The molecule has 1 N–H and O–H groups in total. The molecule has 0 amide bonds. The molecule has 0 aliphatic rings. The number of aryl methyl sites for hydroxylation is 1. The van der Waals surface area contributed by atoms with Crippen molar-refractivity contribution in [3.05, 3.63) is 95.6 Å². The van der Waals surface area contributed by atoms with Crippen molar-refractivity contribution >= 4 is 34.1 Å². The number of esters is 2. The second kappa shape index (κ2) is 9.32. The highest BCUT2D eigenvalue weighted by molar-refractivity contribution is 6.05. The van der Waals surface area contributed by atoms with E-state index in [1.807, 2.05) is 25.1 Å². The molecule has 0 atom stereocenters. The van der Waals surface area contributed by atoms with E-state index in [4.69, 9.17) is 9.47 Å². The molecular weight excluding hydrogens is 420 g/mol. The summed E-state index contributed by atoms with van der Waals surface area (Å²) in [5, 5.41) is 20.6. The van der Waals surface area contributed by atoms with Crippen molar-refractivity contribution in [1.29, 1.82) is 0 Å². The van der Waals surface area contributed by atoms with Gasteiger partial charge in [-0.2, -0.15) is 0 Å². The van der Waals surface area contributed by atoms with Crippen molar-refractivity contribution in [1.82, 2.24) is 0 Å². The molecule has 164 valence electrons. The molecule has 4 aromatic rings. The fourth-order valence-electron chi connectivity index (χ4n) is 3.35. The van der Waals surface area contributed by atoms with Gasteiger partial charge in [-0.25, -0.2) is 9.59 Å². The Labute approximate surface area is 189 Å². The van der Waals surface area contributed by atoms with Gasteiger partial charge in [0.2, 0.25) is 0 Å². The Hall–Kier alpha value is -4.52. The number of carbonyl (C=O) groups excluding carboxylic acids is 2. The highest BCUT2D eigenvalue weighted by Gasteiger charge is 2.21. The molecule has 4 aromatic carbocycles. The van der Waals surface area contributed by atoms with Crippen LogP contribution in [0.4, 0.5) is 11.4 Å². The number of ether oxygens (including phenoxy) is 2. The van der Waals surface area contributed by atoms with E-state index >= 15 is 0 Å². The van der Waals surface area contributed by atoms with Crippen LogP contribution in [0.2, 0.25) is 0 Å². The average Bonchev–Trinajstić information content (AvgIpc) is 2.84. The van der Waals surface area contributed by atoms with Crippen LogP contribution in [0.15, 0.2) is 89.1 Å². The fourth-order valence-corrected chi connectivity index (χ4v) is 3.35. The summed E-state index contributed by atoms with van der Waals surface area (Å²) < 4.78 is 10.3. The minimum absolute atomic E-state index is 0.0489. The van der Waals surface area contributed by atoms with E-state index in [0.29, 0.717) is 16.5 Å². The second-order valence-electron chi connectivity index (χ2n) is 7.21. The number of rotatable bonds is 5. The third-order valence-electron chi connectivity index (χ3n) is 5.08. The molecule has 0 heterocycles. The molecule has 33 heavy (non-hydrogen) atoms. The van der Waals surface area contributed by atoms with Crippen molar-refractivity contribution in [2.75, 3.05) is 7.11 Å². The van der Waals surface area contributed by atoms with E-state index in [-0.39, 0.29) is 28.3 Å². The standard InChI is InChI=1S/C26H20N2O5/c1-16-9-3-8-14-22(16)33-26(31)20-15-17-10-4-5-11-18(17)23(24(20)29)28-27-21-13-7-6-12-19(21)25(30)32-2/h3-15,29H,1-2H3. The lowest BCUT2D eigenvalue weighted by Gasteiger charge is -2.11. The maximum absolute atomic E-state index is 12.9. The lowest BCUT2D eigenvalue weighted by molar-refractivity contribution is 0.0601. The molecule has 0 aliphatic heterocycles. The van der Waals surface area contributed by atoms with Gasteiger partial charge < -0.3 is 14.6 Å². The van der Waals surface area contributed by atoms with Gasteiger partial charge in [-0.05, 0) is 42.1 Å². The number of para-hydroxylation sites is 1. The highest BCUT2D eigenvalue weighted by atomic mass is 16.5. The number of hydrogen-bond acceptors (Lipinski definition) is 7. The van der Waals surface area contributed by atoms with E-state index in [9.17, 15) is 14.7 Å². The zero-order chi connectivity index (χ0) is 23.4. The number of carbonyl (C=O) groups is 2. The quantitative estimate of drug-likeness (QED) is 0.224. The normalized spacial score (nSPS) is 11.0. The van der Waals surface area contributed by atoms with Gasteiger partial charge in [0, 0.05) is 5.39 Å². The highest BCUT2D eigenvalue weighted by Crippen LogP contribution is 2.40. The summed E-state index contributed by atoms with van der Waals surface area (Å²) in [6.07, 6.45) is 0. The van der Waals surface area contributed by atoms with Crippen LogP contribution in [-0.4, -0.2) is 24.2 Å². The second-order valence-corrected chi connectivity index (χ2v) is 7.21. The van der Waals surface area contributed by atoms with Gasteiger partial charge in [-0.15, -0.1) is 10.2 Å². The van der Waals surface area contributed by atoms with Crippen molar-refractivity contribution in [3.63, 3.8) is 0 Å². The number of fused-ring (bicyclic) bond motifs is 1. The summed E-state index contributed by atoms with van der Waals surface area (Å²) in [7, 11) is 1.28. The van der Waals surface area contributed by atoms with Crippen molar-refractivity contribution in [2.24, 2.45) is 10.2 Å². The molecule has 0 aliphatic carbocycles. The summed E-state index contributed by atoms with van der Waals surface area (Å²) in [6, 6.07) is 22.3. The number of aromatic hydroxyl groups is 1. The van der Waals surface area contributed by atoms with Crippen LogP contribution in [0.5, 0.6) is 11.5 Å². The smallest absolute Gasteiger partial charge is 0.347 e. The predicted molar refractivity (Wildman–Crippen MR) is 124 cm³/mol. The summed E-state index contributed by atoms with van der Waals surface area (Å²) in [6.45, 7) is 1.82. The van der Waals surface area contributed by atoms with Crippen LogP contribution in [0.3, 0.4) is 0 Å². The summed E-state index contributed by atoms with van der Waals surface area (Å²) in [4.78, 5) is 25.0. The lowest BCUT2D eigenvalue weighted by Crippen LogP contribution is -2.09. The SMILES string of the molecule is COC(=O)c1ccccc1N=Nc1c(O)c(C(=O)Oc2ccccc2C)cc2ccccc12. The fraction of sp³-hybridized carbons (Fsp3) is 0.0769. The Bertz CT molecular complexity index is 1390. The molecule has 7 nitrogen and oxygen atoms in total. The Morgan fingerprint density at radius 3 is 2.30 bits per heavy atom. The number of nitrogens with zero attached hydrogens (tertiary/aromatic N) is 2. The van der Waals surface area contributed by atoms with Crippen molar-refractivity contribution in [2.45, 2.75) is 6.92 Å². The Kier molecular flexibility index (Phi) is 6.13. The number of benzene rings is 4. The van der Waals surface area contributed by atoms with E-state index in [1.165, 1.54) is 7.11 Å². The molecule has 4 rings (SSSR count). The first-order valence-electron chi connectivity index (χ1n) is 10.1. The number of phenolic OH excluding ortho intramolecular Hbond substituents is 1. The summed E-state index contributed by atoms with van der Waals surface area (Å²) in [5.74, 6) is -1.26. The maximum atomic E-state index is 12.9. The van der Waals surface area contributed by atoms with Crippen LogP contribution in [0, 0.1) is 6.92 Å². The molecular formula is C26H20N2O5. The first-order chi connectivity index (χ1) is 16.0. The third-order valence-corrected chi connectivity index (χ3v) is 5.08. The van der Waals surface area contributed by atoms with Crippen LogP contribution in [0.1, 0.15) is 26.3 Å². The lowest BCUT2D eigenvalue weighted by atomic mass is 10.0. The Balaban J connectivity index is 1.80. The molecule has 0 spiro atoms.